The Hall–Kier alpha value is -0.570. The first-order valence-electron chi connectivity index (χ1n) is 3.60. The molecule has 0 atom stereocenters. The lowest BCUT2D eigenvalue weighted by atomic mass is 10.3. The van der Waals surface area contributed by atoms with Crippen LogP contribution in [0.5, 0.6) is 0 Å². The van der Waals surface area contributed by atoms with Gasteiger partial charge in [0.2, 0.25) is 5.91 Å². The van der Waals surface area contributed by atoms with Gasteiger partial charge in [0.25, 0.3) is 0 Å². The standard InChI is InChI=1S/C7H16N2O/c1-7(10)9(2)6-4-3-5-8/h3-6,8H2,1-2H3. The molecule has 60 valence electrons. The molecule has 0 unspecified atom stereocenters. The molecule has 0 spiro atoms. The SMILES string of the molecule is CC(=O)N(C)CCCCN. The number of amides is 1. The molecule has 0 saturated carbocycles. The molecule has 0 fully saturated rings. The lowest BCUT2D eigenvalue weighted by Gasteiger charge is -2.13. The molecule has 0 aliphatic heterocycles. The van der Waals surface area contributed by atoms with Crippen molar-refractivity contribution in [3.63, 3.8) is 0 Å². The first-order valence-corrected chi connectivity index (χ1v) is 3.60. The number of unbranched alkanes of at least 4 members (excludes halogenated alkanes) is 1. The van der Waals surface area contributed by atoms with Gasteiger partial charge in [-0.3, -0.25) is 4.79 Å². The third kappa shape index (κ3) is 4.32. The third-order valence-corrected chi connectivity index (χ3v) is 1.49. The normalized spacial score (nSPS) is 9.50. The summed E-state index contributed by atoms with van der Waals surface area (Å²) in [5, 5.41) is 0. The Balaban J connectivity index is 3.21. The molecule has 0 rings (SSSR count). The lowest BCUT2D eigenvalue weighted by molar-refractivity contribution is -0.127. The fraction of sp³-hybridized carbons (Fsp3) is 0.857. The van der Waals surface area contributed by atoms with Gasteiger partial charge in [0.05, 0.1) is 0 Å². The molecular weight excluding hydrogens is 128 g/mol. The van der Waals surface area contributed by atoms with Crippen LogP contribution in [0.25, 0.3) is 0 Å². The zero-order valence-corrected chi connectivity index (χ0v) is 6.76. The van der Waals surface area contributed by atoms with Gasteiger partial charge >= 0.3 is 0 Å². The summed E-state index contributed by atoms with van der Waals surface area (Å²) in [5.74, 6) is 0.122. The minimum atomic E-state index is 0.122. The van der Waals surface area contributed by atoms with Crippen molar-refractivity contribution in [2.45, 2.75) is 19.8 Å². The van der Waals surface area contributed by atoms with Gasteiger partial charge in [-0.25, -0.2) is 0 Å². The second kappa shape index (κ2) is 5.23. The van der Waals surface area contributed by atoms with Crippen LogP contribution < -0.4 is 5.73 Å². The van der Waals surface area contributed by atoms with Crippen LogP contribution in [0.2, 0.25) is 0 Å². The van der Waals surface area contributed by atoms with Crippen molar-refractivity contribution in [1.82, 2.24) is 4.90 Å². The van der Waals surface area contributed by atoms with Crippen LogP contribution in [0, 0.1) is 0 Å². The van der Waals surface area contributed by atoms with Gasteiger partial charge in [-0.05, 0) is 19.4 Å². The van der Waals surface area contributed by atoms with E-state index in [9.17, 15) is 4.79 Å². The van der Waals surface area contributed by atoms with E-state index in [0.29, 0.717) is 6.54 Å². The van der Waals surface area contributed by atoms with Crippen molar-refractivity contribution in [3.8, 4) is 0 Å². The Labute approximate surface area is 62.2 Å². The van der Waals surface area contributed by atoms with Crippen molar-refractivity contribution < 1.29 is 4.79 Å². The average Bonchev–Trinajstić information content (AvgIpc) is 1.88. The monoisotopic (exact) mass is 144 g/mol. The van der Waals surface area contributed by atoms with Crippen LogP contribution in [0.15, 0.2) is 0 Å². The van der Waals surface area contributed by atoms with Crippen LogP contribution in [0.4, 0.5) is 0 Å². The largest absolute Gasteiger partial charge is 0.346 e. The number of rotatable bonds is 4. The first-order chi connectivity index (χ1) is 4.68. The lowest BCUT2D eigenvalue weighted by Crippen LogP contribution is -2.25. The van der Waals surface area contributed by atoms with Crippen LogP contribution in [-0.2, 0) is 4.79 Å². The van der Waals surface area contributed by atoms with E-state index in [1.807, 2.05) is 0 Å². The number of nitrogens with zero attached hydrogens (tertiary/aromatic N) is 1. The minimum Gasteiger partial charge on any atom is -0.346 e. The molecule has 0 aromatic carbocycles. The van der Waals surface area contributed by atoms with Gasteiger partial charge in [-0.1, -0.05) is 0 Å². The maximum atomic E-state index is 10.6. The molecule has 3 heteroatoms. The van der Waals surface area contributed by atoms with E-state index >= 15 is 0 Å². The predicted octanol–water partition coefficient (Wildman–Crippen LogP) is 0.204. The highest BCUT2D eigenvalue weighted by Crippen LogP contribution is 1.90. The van der Waals surface area contributed by atoms with E-state index in [-0.39, 0.29) is 5.91 Å². The van der Waals surface area contributed by atoms with Gasteiger partial charge in [-0.15, -0.1) is 0 Å². The van der Waals surface area contributed by atoms with Gasteiger partial charge < -0.3 is 10.6 Å². The zero-order valence-electron chi connectivity index (χ0n) is 6.76. The number of carbonyl (C=O) groups is 1. The fourth-order valence-corrected chi connectivity index (χ4v) is 0.651. The summed E-state index contributed by atoms with van der Waals surface area (Å²) in [7, 11) is 1.80. The maximum Gasteiger partial charge on any atom is 0.219 e. The third-order valence-electron chi connectivity index (χ3n) is 1.49. The van der Waals surface area contributed by atoms with E-state index < -0.39 is 0 Å². The summed E-state index contributed by atoms with van der Waals surface area (Å²) in [5.41, 5.74) is 5.29. The topological polar surface area (TPSA) is 46.3 Å². The summed E-state index contributed by atoms with van der Waals surface area (Å²) in [6.07, 6.45) is 2.00. The van der Waals surface area contributed by atoms with Crippen molar-refractivity contribution in [2.24, 2.45) is 5.73 Å². The van der Waals surface area contributed by atoms with Gasteiger partial charge in [0.15, 0.2) is 0 Å². The molecule has 0 aliphatic carbocycles. The van der Waals surface area contributed by atoms with Crippen molar-refractivity contribution in [3.05, 3.63) is 0 Å². The minimum absolute atomic E-state index is 0.122. The molecule has 2 N–H and O–H groups in total. The van der Waals surface area contributed by atoms with E-state index in [1.165, 1.54) is 0 Å². The molecule has 0 radical (unpaired) electrons. The zero-order chi connectivity index (χ0) is 7.98. The highest BCUT2D eigenvalue weighted by molar-refractivity contribution is 5.72. The molecule has 3 nitrogen and oxygen atoms in total. The number of carbonyl (C=O) groups excluding carboxylic acids is 1. The molecule has 0 bridgehead atoms. The summed E-state index contributed by atoms with van der Waals surface area (Å²) in [4.78, 5) is 12.3. The summed E-state index contributed by atoms with van der Waals surface area (Å²) >= 11 is 0. The molecule has 1 amide bonds. The van der Waals surface area contributed by atoms with Crippen LogP contribution in [-0.4, -0.2) is 30.9 Å². The van der Waals surface area contributed by atoms with Crippen LogP contribution in [0.1, 0.15) is 19.8 Å². The molecule has 0 aromatic rings. The van der Waals surface area contributed by atoms with Gasteiger partial charge in [0.1, 0.15) is 0 Å². The summed E-state index contributed by atoms with van der Waals surface area (Å²) < 4.78 is 0. The Kier molecular flexibility index (Phi) is 4.94. The summed E-state index contributed by atoms with van der Waals surface area (Å²) in [6, 6.07) is 0. The van der Waals surface area contributed by atoms with E-state index in [4.69, 9.17) is 5.73 Å². The van der Waals surface area contributed by atoms with E-state index in [0.717, 1.165) is 19.4 Å². The first kappa shape index (κ1) is 9.43. The van der Waals surface area contributed by atoms with E-state index in [2.05, 4.69) is 0 Å². The van der Waals surface area contributed by atoms with E-state index in [1.54, 1.807) is 18.9 Å². The number of hydrogen-bond donors (Lipinski definition) is 1. The van der Waals surface area contributed by atoms with Crippen molar-refractivity contribution >= 4 is 5.91 Å². The van der Waals surface area contributed by atoms with Gasteiger partial charge in [-0.2, -0.15) is 0 Å². The average molecular weight is 144 g/mol. The highest BCUT2D eigenvalue weighted by atomic mass is 16.2. The van der Waals surface area contributed by atoms with Gasteiger partial charge in [0, 0.05) is 20.5 Å². The molecule has 10 heavy (non-hydrogen) atoms. The van der Waals surface area contributed by atoms with Crippen molar-refractivity contribution in [1.29, 1.82) is 0 Å². The molecule has 0 heterocycles. The predicted molar refractivity (Wildman–Crippen MR) is 41.6 cm³/mol. The Morgan fingerprint density at radius 3 is 2.50 bits per heavy atom. The number of hydrogen-bond acceptors (Lipinski definition) is 2. The van der Waals surface area contributed by atoms with Crippen LogP contribution in [0.3, 0.4) is 0 Å². The highest BCUT2D eigenvalue weighted by Gasteiger charge is 1.98. The second-order valence-corrected chi connectivity index (χ2v) is 2.44. The quantitative estimate of drug-likeness (QED) is 0.573. The molecule has 0 aliphatic rings. The Morgan fingerprint density at radius 1 is 1.50 bits per heavy atom. The second-order valence-electron chi connectivity index (χ2n) is 2.44. The van der Waals surface area contributed by atoms with Crippen molar-refractivity contribution in [2.75, 3.05) is 20.1 Å². The Bertz CT molecular complexity index is 104. The maximum absolute atomic E-state index is 10.6. The summed E-state index contributed by atoms with van der Waals surface area (Å²) in [6.45, 7) is 3.11. The Morgan fingerprint density at radius 2 is 2.10 bits per heavy atom. The molecule has 0 saturated heterocycles. The smallest absolute Gasteiger partial charge is 0.219 e. The van der Waals surface area contributed by atoms with Crippen LogP contribution >= 0.6 is 0 Å². The fourth-order valence-electron chi connectivity index (χ4n) is 0.651. The molecule has 0 aromatic heterocycles. The number of nitrogens with two attached hydrogens (primary N) is 1. The molecular formula is C7H16N2O.